The molecule has 4 heterocycles. The van der Waals surface area contributed by atoms with E-state index < -0.39 is 17.7 Å². The number of nitrogens with two attached hydrogens (primary N) is 1. The van der Waals surface area contributed by atoms with E-state index in [9.17, 15) is 18.0 Å². The van der Waals surface area contributed by atoms with Crippen LogP contribution < -0.4 is 5.73 Å². The van der Waals surface area contributed by atoms with Crippen LogP contribution in [0.2, 0.25) is 0 Å². The molecule has 0 amide bonds. The summed E-state index contributed by atoms with van der Waals surface area (Å²) in [6.07, 6.45) is 3.16. The van der Waals surface area contributed by atoms with Crippen molar-refractivity contribution >= 4 is 17.4 Å². The number of halogens is 3. The number of esters is 1. The lowest BCUT2D eigenvalue weighted by Gasteiger charge is -2.21. The van der Waals surface area contributed by atoms with Crippen LogP contribution in [0.25, 0.3) is 16.9 Å². The van der Waals surface area contributed by atoms with E-state index >= 15 is 0 Å². The molecule has 0 spiro atoms. The van der Waals surface area contributed by atoms with Crippen LogP contribution in [0.4, 0.5) is 19.1 Å². The standard InChI is InChI=1S/C15H12F3N5.C7H12O3/c16-9-5-11(23-12(9)7-21-14(19)22-23)10-2-1-8(6-20-10)15(3-4-15)13(17)18;1-6(8)10-7-3-2-4-9-5-7/h1-2,5-7,13H,3-4H2,(H2,19,22);7H,2-5H2,1H3. The van der Waals surface area contributed by atoms with Crippen molar-refractivity contribution in [1.82, 2.24) is 19.6 Å². The molecule has 8 nitrogen and oxygen atoms in total. The molecule has 0 radical (unpaired) electrons. The summed E-state index contributed by atoms with van der Waals surface area (Å²) in [7, 11) is 0. The first-order valence-electron chi connectivity index (χ1n) is 10.6. The lowest BCUT2D eigenvalue weighted by molar-refractivity contribution is -0.152. The molecular weight excluding hydrogens is 439 g/mol. The van der Waals surface area contributed by atoms with E-state index in [2.05, 4.69) is 15.1 Å². The Balaban J connectivity index is 0.000000219. The molecule has 1 atom stereocenters. The average molecular weight is 463 g/mol. The number of hydrogen-bond donors (Lipinski definition) is 1. The van der Waals surface area contributed by atoms with E-state index in [-0.39, 0.29) is 23.5 Å². The van der Waals surface area contributed by atoms with Gasteiger partial charge in [0.05, 0.1) is 29.6 Å². The molecule has 1 unspecified atom stereocenters. The van der Waals surface area contributed by atoms with E-state index in [4.69, 9.17) is 15.2 Å². The van der Waals surface area contributed by atoms with E-state index in [1.165, 1.54) is 29.9 Å². The summed E-state index contributed by atoms with van der Waals surface area (Å²) in [5.41, 5.74) is 5.96. The predicted molar refractivity (Wildman–Crippen MR) is 113 cm³/mol. The third kappa shape index (κ3) is 4.92. The molecular formula is C22H24F3N5O3. The highest BCUT2D eigenvalue weighted by atomic mass is 19.3. The second kappa shape index (κ2) is 9.34. The molecule has 1 aliphatic heterocycles. The fraction of sp³-hybridized carbons (Fsp3) is 0.455. The van der Waals surface area contributed by atoms with E-state index in [0.717, 1.165) is 19.4 Å². The van der Waals surface area contributed by atoms with Crippen molar-refractivity contribution in [2.45, 2.75) is 50.6 Å². The first-order valence-corrected chi connectivity index (χ1v) is 10.6. The maximum atomic E-state index is 13.9. The van der Waals surface area contributed by atoms with Crippen molar-refractivity contribution in [3.05, 3.63) is 42.0 Å². The van der Waals surface area contributed by atoms with Gasteiger partial charge in [0.1, 0.15) is 11.6 Å². The van der Waals surface area contributed by atoms with Crippen LogP contribution in [0.3, 0.4) is 0 Å². The van der Waals surface area contributed by atoms with Gasteiger partial charge in [-0.25, -0.2) is 22.7 Å². The van der Waals surface area contributed by atoms with Gasteiger partial charge in [-0.05, 0) is 37.3 Å². The van der Waals surface area contributed by atoms with Crippen LogP contribution in [0.1, 0.15) is 38.2 Å². The Kier molecular flexibility index (Phi) is 6.50. The molecule has 5 rings (SSSR count). The number of hydrogen-bond acceptors (Lipinski definition) is 7. The van der Waals surface area contributed by atoms with Crippen molar-refractivity contribution in [2.75, 3.05) is 18.9 Å². The molecule has 2 fully saturated rings. The molecule has 1 saturated heterocycles. The molecule has 2 N–H and O–H groups in total. The van der Waals surface area contributed by atoms with Gasteiger partial charge < -0.3 is 15.2 Å². The predicted octanol–water partition coefficient (Wildman–Crippen LogP) is 3.54. The van der Waals surface area contributed by atoms with Crippen molar-refractivity contribution in [1.29, 1.82) is 0 Å². The Labute approximate surface area is 187 Å². The van der Waals surface area contributed by atoms with Gasteiger partial charge in [0.2, 0.25) is 12.4 Å². The van der Waals surface area contributed by atoms with E-state index in [0.29, 0.717) is 36.4 Å². The summed E-state index contributed by atoms with van der Waals surface area (Å²) in [6, 6.07) is 4.48. The number of nitrogen functional groups attached to an aromatic ring is 1. The van der Waals surface area contributed by atoms with Gasteiger partial charge >= 0.3 is 5.97 Å². The molecule has 176 valence electrons. The highest BCUT2D eigenvalue weighted by Gasteiger charge is 2.52. The average Bonchev–Trinajstić information content (AvgIpc) is 3.55. The number of fused-ring (bicyclic) bond motifs is 1. The summed E-state index contributed by atoms with van der Waals surface area (Å²) < 4.78 is 51.5. The number of anilines is 1. The molecule has 0 bridgehead atoms. The third-order valence-electron chi connectivity index (χ3n) is 5.74. The number of rotatable bonds is 4. The Morgan fingerprint density at radius 1 is 1.30 bits per heavy atom. The largest absolute Gasteiger partial charge is 0.460 e. The molecule has 3 aromatic rings. The fourth-order valence-electron chi connectivity index (χ4n) is 3.79. The van der Waals surface area contributed by atoms with Crippen LogP contribution in [-0.2, 0) is 19.7 Å². The first kappa shape index (κ1) is 23.0. The Morgan fingerprint density at radius 2 is 2.09 bits per heavy atom. The van der Waals surface area contributed by atoms with Crippen LogP contribution in [0.15, 0.2) is 30.6 Å². The van der Waals surface area contributed by atoms with Gasteiger partial charge in [0, 0.05) is 25.8 Å². The van der Waals surface area contributed by atoms with Gasteiger partial charge in [-0.2, -0.15) is 0 Å². The molecule has 11 heteroatoms. The summed E-state index contributed by atoms with van der Waals surface area (Å²) in [6.45, 7) is 2.80. The quantitative estimate of drug-likeness (QED) is 0.590. The second-order valence-electron chi connectivity index (χ2n) is 8.13. The Morgan fingerprint density at radius 3 is 2.67 bits per heavy atom. The summed E-state index contributed by atoms with van der Waals surface area (Å²) in [5.74, 6) is -0.715. The SMILES string of the molecule is CC(=O)OC1CCCOC1.Nc1ncc2c(F)cc(-c3ccc(C4(C(F)F)CC4)cn3)n2n1. The van der Waals surface area contributed by atoms with Crippen molar-refractivity contribution in [2.24, 2.45) is 0 Å². The second-order valence-corrected chi connectivity index (χ2v) is 8.13. The first-order chi connectivity index (χ1) is 15.8. The maximum absolute atomic E-state index is 13.9. The zero-order valence-electron chi connectivity index (χ0n) is 18.0. The van der Waals surface area contributed by atoms with E-state index in [1.807, 2.05) is 0 Å². The van der Waals surface area contributed by atoms with E-state index in [1.54, 1.807) is 12.1 Å². The minimum Gasteiger partial charge on any atom is -0.460 e. The highest BCUT2D eigenvalue weighted by molar-refractivity contribution is 5.66. The smallest absolute Gasteiger partial charge is 0.302 e. The molecule has 33 heavy (non-hydrogen) atoms. The Hall–Kier alpha value is -3.21. The zero-order valence-corrected chi connectivity index (χ0v) is 18.0. The number of carbonyl (C=O) groups is 1. The van der Waals surface area contributed by atoms with Crippen molar-refractivity contribution in [3.63, 3.8) is 0 Å². The zero-order chi connectivity index (χ0) is 23.6. The topological polar surface area (TPSA) is 105 Å². The number of alkyl halides is 2. The van der Waals surface area contributed by atoms with Gasteiger partial charge in [-0.3, -0.25) is 9.78 Å². The third-order valence-corrected chi connectivity index (χ3v) is 5.74. The van der Waals surface area contributed by atoms with Crippen LogP contribution in [0, 0.1) is 5.82 Å². The molecule has 1 saturated carbocycles. The minimum atomic E-state index is -2.41. The fourth-order valence-corrected chi connectivity index (χ4v) is 3.79. The number of nitrogens with zero attached hydrogens (tertiary/aromatic N) is 4. The van der Waals surface area contributed by atoms with Gasteiger partial charge in [-0.1, -0.05) is 6.07 Å². The lowest BCUT2D eigenvalue weighted by atomic mass is 9.98. The van der Waals surface area contributed by atoms with Crippen LogP contribution in [-0.4, -0.2) is 51.3 Å². The normalized spacial score (nSPS) is 19.1. The van der Waals surface area contributed by atoms with Crippen LogP contribution in [0.5, 0.6) is 0 Å². The summed E-state index contributed by atoms with van der Waals surface area (Å²) >= 11 is 0. The molecule has 0 aromatic carbocycles. The summed E-state index contributed by atoms with van der Waals surface area (Å²) in [5, 5.41) is 3.97. The maximum Gasteiger partial charge on any atom is 0.302 e. The Bertz CT molecular complexity index is 1130. The van der Waals surface area contributed by atoms with Gasteiger partial charge in [0.15, 0.2) is 5.82 Å². The molecule has 1 aliphatic carbocycles. The summed E-state index contributed by atoms with van der Waals surface area (Å²) in [4.78, 5) is 18.4. The minimum absolute atomic E-state index is 0.000559. The number of aromatic nitrogens is 4. The number of ether oxygens (including phenoxy) is 2. The molecule has 3 aromatic heterocycles. The van der Waals surface area contributed by atoms with Gasteiger partial charge in [0.25, 0.3) is 0 Å². The number of pyridine rings is 1. The van der Waals surface area contributed by atoms with Crippen molar-refractivity contribution < 1.29 is 27.4 Å². The van der Waals surface area contributed by atoms with Crippen LogP contribution >= 0.6 is 0 Å². The lowest BCUT2D eigenvalue weighted by Crippen LogP contribution is -2.26. The number of carbonyl (C=O) groups excluding carboxylic acids is 1. The molecule has 2 aliphatic rings. The highest BCUT2D eigenvalue weighted by Crippen LogP contribution is 2.52. The monoisotopic (exact) mass is 463 g/mol. The van der Waals surface area contributed by atoms with Crippen molar-refractivity contribution in [3.8, 4) is 11.4 Å². The van der Waals surface area contributed by atoms with Gasteiger partial charge in [-0.15, -0.1) is 5.10 Å².